The summed E-state index contributed by atoms with van der Waals surface area (Å²) in [6.45, 7) is 3.95. The van der Waals surface area contributed by atoms with E-state index in [0.29, 0.717) is 28.2 Å². The maximum Gasteiger partial charge on any atom is 0.541 e. The molecule has 4 rings (SSSR count). The molecule has 1 heterocycles. The van der Waals surface area contributed by atoms with Crippen molar-refractivity contribution in [1.29, 1.82) is 0 Å². The highest BCUT2D eigenvalue weighted by Crippen LogP contribution is 2.49. The summed E-state index contributed by atoms with van der Waals surface area (Å²) < 4.78 is 33.7. The van der Waals surface area contributed by atoms with Crippen molar-refractivity contribution in [3.05, 3.63) is 77.9 Å². The predicted molar refractivity (Wildman–Crippen MR) is 112 cm³/mol. The summed E-state index contributed by atoms with van der Waals surface area (Å²) in [5.74, 6) is 0.884. The molecule has 0 aliphatic heterocycles. The summed E-state index contributed by atoms with van der Waals surface area (Å²) in [5, 5.41) is 2.93. The van der Waals surface area contributed by atoms with Crippen LogP contribution >= 0.6 is 19.5 Å². The van der Waals surface area contributed by atoms with E-state index in [2.05, 4.69) is 13.8 Å². The molecule has 0 fully saturated rings. The van der Waals surface area contributed by atoms with E-state index in [4.69, 9.17) is 9.05 Å². The summed E-state index contributed by atoms with van der Waals surface area (Å²) in [6, 6.07) is 20.0. The minimum Gasteiger partial charge on any atom is -0.400 e. The summed E-state index contributed by atoms with van der Waals surface area (Å²) in [6.07, 6.45) is 0. The normalized spacial score (nSPS) is 11.4. The average molecular weight is 411 g/mol. The predicted octanol–water partition coefficient (Wildman–Crippen LogP) is 5.99. The van der Waals surface area contributed by atoms with E-state index in [1.54, 1.807) is 30.3 Å². The maximum absolute atomic E-state index is 13.7. The smallest absolute Gasteiger partial charge is 0.400 e. The molecule has 0 aliphatic carbocycles. The van der Waals surface area contributed by atoms with Crippen LogP contribution in [0.25, 0.3) is 11.0 Å². The molecule has 0 bridgehead atoms. The first-order valence-electron chi connectivity index (χ1n) is 8.63. The van der Waals surface area contributed by atoms with E-state index in [9.17, 15) is 4.57 Å². The van der Waals surface area contributed by atoms with Crippen molar-refractivity contribution in [3.63, 3.8) is 0 Å². The molecule has 0 radical (unpaired) electrons. The van der Waals surface area contributed by atoms with Gasteiger partial charge in [-0.15, -0.1) is 0 Å². The van der Waals surface area contributed by atoms with Crippen LogP contribution in [0.4, 0.5) is 5.69 Å². The number of hydrogen-bond donors (Lipinski definition) is 1. The van der Waals surface area contributed by atoms with Crippen molar-refractivity contribution < 1.29 is 13.6 Å². The Morgan fingerprint density at radius 1 is 0.821 bits per heavy atom. The van der Waals surface area contributed by atoms with E-state index < -0.39 is 7.75 Å². The Morgan fingerprint density at radius 3 is 1.96 bits per heavy atom. The molecular weight excluding hydrogens is 393 g/mol. The largest absolute Gasteiger partial charge is 0.541 e. The molecule has 1 N–H and O–H groups in total. The van der Waals surface area contributed by atoms with Crippen LogP contribution in [0.1, 0.15) is 11.1 Å². The van der Waals surface area contributed by atoms with Gasteiger partial charge in [-0.3, -0.25) is 5.09 Å². The van der Waals surface area contributed by atoms with Gasteiger partial charge < -0.3 is 9.05 Å². The Morgan fingerprint density at radius 2 is 1.39 bits per heavy atom. The Hall–Kier alpha value is -2.89. The molecule has 4 aromatic rings. The molecule has 0 aliphatic rings. The second-order valence-electron chi connectivity index (χ2n) is 6.36. The van der Waals surface area contributed by atoms with Crippen LogP contribution in [-0.2, 0) is 4.57 Å². The highest BCUT2D eigenvalue weighted by Gasteiger charge is 2.30. The molecule has 0 spiro atoms. The molecule has 0 saturated carbocycles. The van der Waals surface area contributed by atoms with Gasteiger partial charge in [-0.05, 0) is 50.2 Å². The van der Waals surface area contributed by atoms with Gasteiger partial charge in [0.2, 0.25) is 0 Å². The third kappa shape index (κ3) is 4.16. The molecule has 0 atom stereocenters. The molecule has 28 heavy (non-hydrogen) atoms. The number of aryl methyl sites for hydroxylation is 2. The lowest BCUT2D eigenvalue weighted by Gasteiger charge is -2.21. The summed E-state index contributed by atoms with van der Waals surface area (Å²) >= 11 is 1.09. The van der Waals surface area contributed by atoms with Crippen LogP contribution in [0.5, 0.6) is 11.5 Å². The fourth-order valence-electron chi connectivity index (χ4n) is 2.58. The fourth-order valence-corrected chi connectivity index (χ4v) is 4.54. The van der Waals surface area contributed by atoms with Gasteiger partial charge in [-0.25, -0.2) is 4.57 Å². The Balaban J connectivity index is 1.69. The number of anilines is 1. The zero-order valence-corrected chi connectivity index (χ0v) is 17.0. The molecule has 3 aromatic carbocycles. The third-order valence-electron chi connectivity index (χ3n) is 4.04. The number of benzene rings is 3. The highest BCUT2D eigenvalue weighted by molar-refractivity contribution is 7.56. The number of nitrogens with one attached hydrogen (secondary N) is 1. The van der Waals surface area contributed by atoms with Gasteiger partial charge >= 0.3 is 7.75 Å². The Bertz CT molecular complexity index is 1090. The fraction of sp³-hybridized carbons (Fsp3) is 0.100. The minimum absolute atomic E-state index is 0.442. The first-order valence-corrected chi connectivity index (χ1v) is 10.9. The molecule has 1 aromatic heterocycles. The molecular formula is C20H18N3O3PS. The molecule has 6 nitrogen and oxygen atoms in total. The maximum atomic E-state index is 13.7. The quantitative estimate of drug-likeness (QED) is 0.393. The van der Waals surface area contributed by atoms with Crippen LogP contribution in [0.2, 0.25) is 0 Å². The SMILES string of the molecule is Cc1ccc(OP(=O)(Nc2cccc3nsnc23)Oc2ccc(C)cc2)cc1. The van der Waals surface area contributed by atoms with Gasteiger partial charge in [0.1, 0.15) is 22.5 Å². The number of rotatable bonds is 6. The third-order valence-corrected chi connectivity index (χ3v) is 6.00. The summed E-state index contributed by atoms with van der Waals surface area (Å²) in [7, 11) is -3.81. The lowest BCUT2D eigenvalue weighted by atomic mass is 10.2. The van der Waals surface area contributed by atoms with E-state index >= 15 is 0 Å². The summed E-state index contributed by atoms with van der Waals surface area (Å²) in [4.78, 5) is 0. The molecule has 0 amide bonds. The van der Waals surface area contributed by atoms with Gasteiger partial charge in [-0.2, -0.15) is 8.75 Å². The Kier molecular flexibility index (Phi) is 5.03. The first-order chi connectivity index (χ1) is 13.5. The van der Waals surface area contributed by atoms with Crippen LogP contribution in [0.15, 0.2) is 66.7 Å². The monoisotopic (exact) mass is 411 g/mol. The van der Waals surface area contributed by atoms with Crippen molar-refractivity contribution in [3.8, 4) is 11.5 Å². The zero-order valence-electron chi connectivity index (χ0n) is 15.3. The average Bonchev–Trinajstić information content (AvgIpc) is 3.15. The van der Waals surface area contributed by atoms with E-state index in [0.717, 1.165) is 22.9 Å². The number of hydrogen-bond acceptors (Lipinski definition) is 6. The second-order valence-corrected chi connectivity index (χ2v) is 8.47. The van der Waals surface area contributed by atoms with E-state index in [1.807, 2.05) is 50.2 Å². The lowest BCUT2D eigenvalue weighted by molar-refractivity contribution is 0.393. The van der Waals surface area contributed by atoms with Crippen molar-refractivity contribution in [2.45, 2.75) is 13.8 Å². The number of aromatic nitrogens is 2. The van der Waals surface area contributed by atoms with Crippen LogP contribution in [0.3, 0.4) is 0 Å². The van der Waals surface area contributed by atoms with Crippen LogP contribution < -0.4 is 14.1 Å². The number of nitrogens with zero attached hydrogens (tertiary/aromatic N) is 2. The second kappa shape index (κ2) is 7.62. The zero-order chi connectivity index (χ0) is 19.6. The van der Waals surface area contributed by atoms with Gasteiger partial charge in [0, 0.05) is 0 Å². The first kappa shape index (κ1) is 18.5. The van der Waals surface area contributed by atoms with E-state index in [-0.39, 0.29) is 0 Å². The van der Waals surface area contributed by atoms with Crippen LogP contribution in [-0.4, -0.2) is 8.75 Å². The molecule has 8 heteroatoms. The molecule has 142 valence electrons. The highest BCUT2D eigenvalue weighted by atomic mass is 32.1. The lowest BCUT2D eigenvalue weighted by Crippen LogP contribution is -2.10. The van der Waals surface area contributed by atoms with Crippen molar-refractivity contribution in [1.82, 2.24) is 8.75 Å². The Labute approximate surface area is 167 Å². The van der Waals surface area contributed by atoms with Crippen molar-refractivity contribution in [2.24, 2.45) is 0 Å². The minimum atomic E-state index is -3.81. The van der Waals surface area contributed by atoms with Gasteiger partial charge in [-0.1, -0.05) is 41.5 Å². The van der Waals surface area contributed by atoms with Crippen LogP contribution in [0, 0.1) is 13.8 Å². The van der Waals surface area contributed by atoms with E-state index in [1.165, 1.54) is 0 Å². The number of fused-ring (bicyclic) bond motifs is 1. The van der Waals surface area contributed by atoms with Gasteiger partial charge in [0.15, 0.2) is 0 Å². The molecule has 0 unspecified atom stereocenters. The van der Waals surface area contributed by atoms with Crippen molar-refractivity contribution in [2.75, 3.05) is 5.09 Å². The topological polar surface area (TPSA) is 73.3 Å². The van der Waals surface area contributed by atoms with Gasteiger partial charge in [0.25, 0.3) is 0 Å². The van der Waals surface area contributed by atoms with Crippen molar-refractivity contribution >= 4 is 36.2 Å². The standard InChI is InChI=1S/C20H18N3O3PS/c1-14-6-10-16(11-7-14)25-27(24,26-17-12-8-15(2)9-13-17)21-18-4-3-5-19-20(18)23-28-22-19/h3-13H,1-2H3,(H,21,24). The van der Waals surface area contributed by atoms with Gasteiger partial charge in [0.05, 0.1) is 17.4 Å². The summed E-state index contributed by atoms with van der Waals surface area (Å²) in [5.41, 5.74) is 4.02. The molecule has 0 saturated heterocycles.